The van der Waals surface area contributed by atoms with Crippen molar-refractivity contribution in [3.05, 3.63) is 18.2 Å². The predicted octanol–water partition coefficient (Wildman–Crippen LogP) is 1.96. The van der Waals surface area contributed by atoms with Crippen molar-refractivity contribution in [1.82, 2.24) is 9.97 Å². The molecule has 3 nitrogen and oxygen atoms in total. The van der Waals surface area contributed by atoms with E-state index in [1.807, 2.05) is 0 Å². The highest BCUT2D eigenvalue weighted by Crippen LogP contribution is 2.08. The van der Waals surface area contributed by atoms with Gasteiger partial charge in [-0.2, -0.15) is 0 Å². The van der Waals surface area contributed by atoms with Crippen molar-refractivity contribution in [1.29, 1.82) is 0 Å². The molecule has 0 saturated carbocycles. The van der Waals surface area contributed by atoms with Crippen molar-refractivity contribution in [3.8, 4) is 0 Å². The second-order valence-electron chi connectivity index (χ2n) is 3.47. The molecule has 0 aliphatic carbocycles. The Bertz CT molecular complexity index is 254. The van der Waals surface area contributed by atoms with Gasteiger partial charge in [-0.1, -0.05) is 20.3 Å². The first-order valence-corrected chi connectivity index (χ1v) is 4.72. The molecule has 0 bridgehead atoms. The average molecular weight is 180 g/mol. The smallest absolute Gasteiger partial charge is 0.140 e. The molecule has 1 N–H and O–H groups in total. The van der Waals surface area contributed by atoms with E-state index in [1.165, 1.54) is 0 Å². The fourth-order valence-corrected chi connectivity index (χ4v) is 1.19. The third-order valence-electron chi connectivity index (χ3n) is 2.19. The third kappa shape index (κ3) is 3.40. The summed E-state index contributed by atoms with van der Waals surface area (Å²) in [6, 6.07) is 0. The second kappa shape index (κ2) is 4.80. The van der Waals surface area contributed by atoms with Crippen LogP contribution in [0.5, 0.6) is 0 Å². The molecule has 1 atom stereocenters. The molecule has 0 radical (unpaired) electrons. The van der Waals surface area contributed by atoms with E-state index in [0.717, 1.165) is 12.2 Å². The molecule has 0 aliphatic rings. The number of carbonyl (C=O) groups is 1. The Morgan fingerprint density at radius 2 is 2.46 bits per heavy atom. The maximum Gasteiger partial charge on any atom is 0.140 e. The largest absolute Gasteiger partial charge is 0.348 e. The monoisotopic (exact) mass is 180 g/mol. The van der Waals surface area contributed by atoms with E-state index in [-0.39, 0.29) is 5.78 Å². The van der Waals surface area contributed by atoms with Crippen LogP contribution in [-0.4, -0.2) is 15.8 Å². The third-order valence-corrected chi connectivity index (χ3v) is 2.19. The van der Waals surface area contributed by atoms with Gasteiger partial charge in [-0.3, -0.25) is 4.79 Å². The summed E-state index contributed by atoms with van der Waals surface area (Å²) < 4.78 is 0. The van der Waals surface area contributed by atoms with E-state index in [9.17, 15) is 4.79 Å². The molecule has 1 unspecified atom stereocenters. The molecule has 1 heterocycles. The molecule has 13 heavy (non-hydrogen) atoms. The lowest BCUT2D eigenvalue weighted by Crippen LogP contribution is -2.08. The van der Waals surface area contributed by atoms with Gasteiger partial charge in [-0.05, 0) is 5.92 Å². The number of ketones is 1. The van der Waals surface area contributed by atoms with Crippen LogP contribution in [0, 0.1) is 5.92 Å². The van der Waals surface area contributed by atoms with Gasteiger partial charge in [0.05, 0.1) is 6.42 Å². The van der Waals surface area contributed by atoms with Gasteiger partial charge in [0.25, 0.3) is 0 Å². The number of hydrogen-bond acceptors (Lipinski definition) is 2. The maximum absolute atomic E-state index is 11.4. The number of aromatic amines is 1. The molecular weight excluding hydrogens is 164 g/mol. The van der Waals surface area contributed by atoms with Gasteiger partial charge in [-0.25, -0.2) is 4.98 Å². The quantitative estimate of drug-likeness (QED) is 0.752. The minimum atomic E-state index is 0.268. The van der Waals surface area contributed by atoms with E-state index < -0.39 is 0 Å². The Morgan fingerprint density at radius 1 is 1.69 bits per heavy atom. The van der Waals surface area contributed by atoms with Crippen molar-refractivity contribution in [3.63, 3.8) is 0 Å². The summed E-state index contributed by atoms with van der Waals surface area (Å²) in [4.78, 5) is 18.4. The van der Waals surface area contributed by atoms with Crippen LogP contribution in [0.15, 0.2) is 12.4 Å². The maximum atomic E-state index is 11.4. The number of H-pyrrole nitrogens is 1. The molecule has 1 aromatic rings. The number of rotatable bonds is 5. The molecule has 72 valence electrons. The summed E-state index contributed by atoms with van der Waals surface area (Å²) >= 11 is 0. The topological polar surface area (TPSA) is 45.8 Å². The van der Waals surface area contributed by atoms with E-state index in [2.05, 4.69) is 23.8 Å². The zero-order valence-corrected chi connectivity index (χ0v) is 8.21. The molecule has 3 heteroatoms. The minimum absolute atomic E-state index is 0.268. The highest BCUT2D eigenvalue weighted by Gasteiger charge is 2.08. The number of nitrogens with one attached hydrogen (secondary N) is 1. The van der Waals surface area contributed by atoms with Gasteiger partial charge in [0, 0.05) is 18.8 Å². The fraction of sp³-hybridized carbons (Fsp3) is 0.600. The first kappa shape index (κ1) is 9.96. The second-order valence-corrected chi connectivity index (χ2v) is 3.47. The number of hydrogen-bond donors (Lipinski definition) is 1. The number of Topliss-reactive ketones (excluding diaryl/α,β-unsaturated/α-hetero) is 1. The summed E-state index contributed by atoms with van der Waals surface area (Å²) in [5.41, 5.74) is 0. The molecule has 1 aromatic heterocycles. The van der Waals surface area contributed by atoms with Crippen LogP contribution in [0.4, 0.5) is 0 Å². The van der Waals surface area contributed by atoms with E-state index >= 15 is 0 Å². The van der Waals surface area contributed by atoms with Gasteiger partial charge in [-0.15, -0.1) is 0 Å². The van der Waals surface area contributed by atoms with Crippen molar-refractivity contribution in [2.45, 2.75) is 33.1 Å². The Morgan fingerprint density at radius 3 is 3.00 bits per heavy atom. The number of carbonyl (C=O) groups excluding carboxylic acids is 1. The fourth-order valence-electron chi connectivity index (χ4n) is 1.19. The molecule has 0 spiro atoms. The molecule has 0 amide bonds. The summed E-state index contributed by atoms with van der Waals surface area (Å²) in [6.45, 7) is 4.20. The lowest BCUT2D eigenvalue weighted by atomic mass is 10.0. The van der Waals surface area contributed by atoms with Crippen LogP contribution in [0.2, 0.25) is 0 Å². The molecular formula is C10H16N2O. The summed E-state index contributed by atoms with van der Waals surface area (Å²) in [6.07, 6.45) is 5.58. The highest BCUT2D eigenvalue weighted by molar-refractivity contribution is 5.80. The number of aromatic nitrogens is 2. The standard InChI is InChI=1S/C10H16N2O/c1-3-8(2)6-9(13)7-10-11-4-5-12-10/h4-5,8H,3,6-7H2,1-2H3,(H,11,12). The minimum Gasteiger partial charge on any atom is -0.348 e. The number of nitrogens with zero attached hydrogens (tertiary/aromatic N) is 1. The highest BCUT2D eigenvalue weighted by atomic mass is 16.1. The number of imidazole rings is 1. The molecule has 0 aliphatic heterocycles. The van der Waals surface area contributed by atoms with Crippen molar-refractivity contribution in [2.75, 3.05) is 0 Å². The Labute approximate surface area is 78.6 Å². The predicted molar refractivity (Wildman–Crippen MR) is 51.4 cm³/mol. The lowest BCUT2D eigenvalue weighted by molar-refractivity contribution is -0.119. The molecule has 0 aromatic carbocycles. The zero-order valence-electron chi connectivity index (χ0n) is 8.21. The Kier molecular flexibility index (Phi) is 3.68. The van der Waals surface area contributed by atoms with Crippen molar-refractivity contribution < 1.29 is 4.79 Å². The SMILES string of the molecule is CCC(C)CC(=O)Cc1ncc[nH]1. The van der Waals surface area contributed by atoms with E-state index in [4.69, 9.17) is 0 Å². The van der Waals surface area contributed by atoms with E-state index in [1.54, 1.807) is 12.4 Å². The first-order chi connectivity index (χ1) is 6.22. The lowest BCUT2D eigenvalue weighted by Gasteiger charge is -2.05. The summed E-state index contributed by atoms with van der Waals surface area (Å²) in [5, 5.41) is 0. The van der Waals surface area contributed by atoms with Crippen molar-refractivity contribution in [2.24, 2.45) is 5.92 Å². The van der Waals surface area contributed by atoms with Crippen LogP contribution in [0.25, 0.3) is 0 Å². The van der Waals surface area contributed by atoms with Gasteiger partial charge < -0.3 is 4.98 Å². The van der Waals surface area contributed by atoms with Crippen LogP contribution in [0.1, 0.15) is 32.5 Å². The average Bonchev–Trinajstić information content (AvgIpc) is 2.56. The normalized spacial score (nSPS) is 12.8. The first-order valence-electron chi connectivity index (χ1n) is 4.72. The summed E-state index contributed by atoms with van der Waals surface area (Å²) in [7, 11) is 0. The van der Waals surface area contributed by atoms with Gasteiger partial charge in [0.1, 0.15) is 11.6 Å². The Balaban J connectivity index is 2.34. The summed E-state index contributed by atoms with van der Waals surface area (Å²) in [5.74, 6) is 1.53. The molecule has 0 fully saturated rings. The molecule has 0 saturated heterocycles. The van der Waals surface area contributed by atoms with E-state index in [0.29, 0.717) is 18.8 Å². The molecule has 1 rings (SSSR count). The van der Waals surface area contributed by atoms with Gasteiger partial charge >= 0.3 is 0 Å². The van der Waals surface area contributed by atoms with Gasteiger partial charge in [0.15, 0.2) is 0 Å². The van der Waals surface area contributed by atoms with Gasteiger partial charge in [0.2, 0.25) is 0 Å². The van der Waals surface area contributed by atoms with Crippen molar-refractivity contribution >= 4 is 5.78 Å². The van der Waals surface area contributed by atoms with Crippen LogP contribution in [-0.2, 0) is 11.2 Å². The zero-order chi connectivity index (χ0) is 9.68. The van der Waals surface area contributed by atoms with Crippen LogP contribution < -0.4 is 0 Å². The van der Waals surface area contributed by atoms with Crippen LogP contribution >= 0.6 is 0 Å². The Hall–Kier alpha value is -1.12. The van der Waals surface area contributed by atoms with Crippen LogP contribution in [0.3, 0.4) is 0 Å².